The molecule has 1 saturated heterocycles. The Balaban J connectivity index is 2.00. The van der Waals surface area contributed by atoms with E-state index >= 15 is 0 Å². The minimum absolute atomic E-state index is 0.179. The van der Waals surface area contributed by atoms with E-state index in [9.17, 15) is 9.59 Å². The van der Waals surface area contributed by atoms with E-state index in [-0.39, 0.29) is 17.9 Å². The molecule has 0 aliphatic carbocycles. The molecular formula is C18H23Cl2NO3. The zero-order valence-corrected chi connectivity index (χ0v) is 15.7. The van der Waals surface area contributed by atoms with Gasteiger partial charge in [-0.25, -0.2) is 4.79 Å². The molecule has 1 amide bonds. The van der Waals surface area contributed by atoms with E-state index < -0.39 is 5.60 Å². The Hall–Kier alpha value is -1.26. The highest BCUT2D eigenvalue weighted by Gasteiger charge is 2.31. The van der Waals surface area contributed by atoms with Gasteiger partial charge in [-0.05, 0) is 57.2 Å². The van der Waals surface area contributed by atoms with Crippen LogP contribution in [0, 0.1) is 5.92 Å². The molecule has 1 aliphatic heterocycles. The molecule has 1 unspecified atom stereocenters. The van der Waals surface area contributed by atoms with Crippen molar-refractivity contribution in [2.75, 3.05) is 13.1 Å². The summed E-state index contributed by atoms with van der Waals surface area (Å²) in [4.78, 5) is 25.4. The van der Waals surface area contributed by atoms with E-state index in [1.807, 2.05) is 26.8 Å². The second-order valence-electron chi connectivity index (χ2n) is 7.14. The summed E-state index contributed by atoms with van der Waals surface area (Å²) >= 11 is 12.0. The molecule has 24 heavy (non-hydrogen) atoms. The first-order valence-electron chi connectivity index (χ1n) is 8.09. The summed E-state index contributed by atoms with van der Waals surface area (Å²) in [6.07, 6.45) is 2.18. The van der Waals surface area contributed by atoms with Crippen molar-refractivity contribution >= 4 is 35.6 Å². The lowest BCUT2D eigenvalue weighted by atomic mass is 9.81. The fraction of sp³-hybridized carbons (Fsp3) is 0.556. The molecule has 132 valence electrons. The average molecular weight is 372 g/mol. The zero-order valence-electron chi connectivity index (χ0n) is 14.2. The average Bonchev–Trinajstić information content (AvgIpc) is 2.50. The highest BCUT2D eigenvalue weighted by Crippen LogP contribution is 2.34. The first kappa shape index (κ1) is 19.1. The second-order valence-corrected chi connectivity index (χ2v) is 7.95. The lowest BCUT2D eigenvalue weighted by Crippen LogP contribution is -2.42. The van der Waals surface area contributed by atoms with Crippen molar-refractivity contribution in [2.45, 2.75) is 45.1 Å². The van der Waals surface area contributed by atoms with Crippen LogP contribution in [0.5, 0.6) is 0 Å². The summed E-state index contributed by atoms with van der Waals surface area (Å²) in [7, 11) is 0. The number of amides is 1. The SMILES string of the molecule is CC(C)(C)OC(=O)N1CCC(C(C=O)c2ccc(Cl)c(Cl)c2)CC1. The van der Waals surface area contributed by atoms with Gasteiger partial charge in [0.15, 0.2) is 0 Å². The van der Waals surface area contributed by atoms with Gasteiger partial charge in [-0.15, -0.1) is 0 Å². The van der Waals surface area contributed by atoms with E-state index in [1.54, 1.807) is 17.0 Å². The van der Waals surface area contributed by atoms with Crippen molar-refractivity contribution in [1.29, 1.82) is 0 Å². The number of hydrogen-bond acceptors (Lipinski definition) is 3. The Morgan fingerprint density at radius 3 is 2.38 bits per heavy atom. The third-order valence-corrected chi connectivity index (χ3v) is 4.91. The predicted molar refractivity (Wildman–Crippen MR) is 95.8 cm³/mol. The number of carbonyl (C=O) groups is 2. The van der Waals surface area contributed by atoms with Crippen LogP contribution in [-0.4, -0.2) is 36.0 Å². The highest BCUT2D eigenvalue weighted by molar-refractivity contribution is 6.42. The van der Waals surface area contributed by atoms with Crippen LogP contribution in [0.15, 0.2) is 18.2 Å². The molecule has 2 rings (SSSR count). The van der Waals surface area contributed by atoms with E-state index in [0.29, 0.717) is 23.1 Å². The standard InChI is InChI=1S/C18H23Cl2NO3/c1-18(2,3)24-17(23)21-8-6-12(7-9-21)14(11-22)13-4-5-15(19)16(20)10-13/h4-5,10-12,14H,6-9H2,1-3H3. The third kappa shape index (κ3) is 4.87. The molecule has 4 nitrogen and oxygen atoms in total. The van der Waals surface area contributed by atoms with Crippen molar-refractivity contribution in [3.8, 4) is 0 Å². The molecule has 1 atom stereocenters. The molecule has 1 aromatic carbocycles. The molecule has 6 heteroatoms. The van der Waals surface area contributed by atoms with Gasteiger partial charge in [0.25, 0.3) is 0 Å². The van der Waals surface area contributed by atoms with Crippen LogP contribution in [0.2, 0.25) is 10.0 Å². The van der Waals surface area contributed by atoms with E-state index in [2.05, 4.69) is 0 Å². The number of aldehydes is 1. The number of benzene rings is 1. The van der Waals surface area contributed by atoms with E-state index in [1.165, 1.54) is 0 Å². The van der Waals surface area contributed by atoms with Crippen LogP contribution in [0.3, 0.4) is 0 Å². The monoisotopic (exact) mass is 371 g/mol. The van der Waals surface area contributed by atoms with Gasteiger partial charge in [0.1, 0.15) is 11.9 Å². The second kappa shape index (κ2) is 7.75. The molecule has 0 saturated carbocycles. The third-order valence-electron chi connectivity index (χ3n) is 4.17. The van der Waals surface area contributed by atoms with Gasteiger partial charge in [-0.2, -0.15) is 0 Å². The first-order chi connectivity index (χ1) is 11.2. The van der Waals surface area contributed by atoms with E-state index in [0.717, 1.165) is 24.7 Å². The smallest absolute Gasteiger partial charge is 0.410 e. The number of halogens is 2. The van der Waals surface area contributed by atoms with Crippen molar-refractivity contribution in [3.05, 3.63) is 33.8 Å². The van der Waals surface area contributed by atoms with Gasteiger partial charge in [0.2, 0.25) is 0 Å². The molecule has 0 radical (unpaired) electrons. The molecule has 1 fully saturated rings. The molecule has 1 aliphatic rings. The summed E-state index contributed by atoms with van der Waals surface area (Å²) < 4.78 is 5.40. The maximum Gasteiger partial charge on any atom is 0.410 e. The number of ether oxygens (including phenoxy) is 1. The highest BCUT2D eigenvalue weighted by atomic mass is 35.5. The molecule has 1 heterocycles. The lowest BCUT2D eigenvalue weighted by molar-refractivity contribution is -0.110. The van der Waals surface area contributed by atoms with Crippen molar-refractivity contribution in [3.63, 3.8) is 0 Å². The summed E-state index contributed by atoms with van der Waals surface area (Å²) in [6, 6.07) is 5.31. The maximum atomic E-state index is 12.1. The van der Waals surface area contributed by atoms with Crippen molar-refractivity contribution in [1.82, 2.24) is 4.90 Å². The van der Waals surface area contributed by atoms with Gasteiger partial charge in [-0.3, -0.25) is 0 Å². The topological polar surface area (TPSA) is 46.6 Å². The number of carbonyl (C=O) groups excluding carboxylic acids is 2. The summed E-state index contributed by atoms with van der Waals surface area (Å²) in [6.45, 7) is 6.73. The Morgan fingerprint density at radius 2 is 1.88 bits per heavy atom. The van der Waals surface area contributed by atoms with Crippen LogP contribution < -0.4 is 0 Å². The molecule has 1 aromatic rings. The molecule has 0 bridgehead atoms. The van der Waals surface area contributed by atoms with Crippen molar-refractivity contribution in [2.24, 2.45) is 5.92 Å². The summed E-state index contributed by atoms with van der Waals surface area (Å²) in [5.74, 6) is -0.0565. The Labute approximate surface area is 153 Å². The quantitative estimate of drug-likeness (QED) is 0.708. The van der Waals surface area contributed by atoms with Crippen LogP contribution in [0.4, 0.5) is 4.79 Å². The number of rotatable bonds is 3. The van der Waals surface area contributed by atoms with Gasteiger partial charge in [0.05, 0.1) is 10.0 Å². The predicted octanol–water partition coefficient (Wildman–Crippen LogP) is 4.92. The fourth-order valence-electron chi connectivity index (χ4n) is 2.95. The maximum absolute atomic E-state index is 12.1. The molecule has 0 N–H and O–H groups in total. The number of piperidine rings is 1. The minimum Gasteiger partial charge on any atom is -0.444 e. The van der Waals surface area contributed by atoms with Gasteiger partial charge in [-0.1, -0.05) is 29.3 Å². The Kier molecular flexibility index (Phi) is 6.16. The lowest BCUT2D eigenvalue weighted by Gasteiger charge is -2.35. The summed E-state index contributed by atoms with van der Waals surface area (Å²) in [5.41, 5.74) is 0.370. The minimum atomic E-state index is -0.501. The van der Waals surface area contributed by atoms with Crippen molar-refractivity contribution < 1.29 is 14.3 Å². The number of hydrogen-bond donors (Lipinski definition) is 0. The zero-order chi connectivity index (χ0) is 17.9. The normalized spacial score (nSPS) is 17.5. The van der Waals surface area contributed by atoms with Gasteiger partial charge in [0, 0.05) is 19.0 Å². The first-order valence-corrected chi connectivity index (χ1v) is 8.85. The Bertz CT molecular complexity index is 605. The van der Waals surface area contributed by atoms with Gasteiger partial charge >= 0.3 is 6.09 Å². The van der Waals surface area contributed by atoms with Crippen LogP contribution in [0.1, 0.15) is 45.1 Å². The van der Waals surface area contributed by atoms with Crippen LogP contribution in [-0.2, 0) is 9.53 Å². The number of likely N-dealkylation sites (tertiary alicyclic amines) is 1. The molecule has 0 aromatic heterocycles. The van der Waals surface area contributed by atoms with Gasteiger partial charge < -0.3 is 14.4 Å². The fourth-order valence-corrected chi connectivity index (χ4v) is 3.26. The largest absolute Gasteiger partial charge is 0.444 e. The van der Waals surface area contributed by atoms with Crippen LogP contribution >= 0.6 is 23.2 Å². The summed E-state index contributed by atoms with van der Waals surface area (Å²) in [5, 5.41) is 0.928. The Morgan fingerprint density at radius 1 is 1.25 bits per heavy atom. The number of nitrogens with zero attached hydrogens (tertiary/aromatic N) is 1. The van der Waals surface area contributed by atoms with Crippen LogP contribution in [0.25, 0.3) is 0 Å². The molecule has 0 spiro atoms. The molecular weight excluding hydrogens is 349 g/mol. The van der Waals surface area contributed by atoms with E-state index in [4.69, 9.17) is 27.9 Å².